The molecular weight excluding hydrogens is 397 g/mol. The van der Waals surface area contributed by atoms with Gasteiger partial charge in [-0.3, -0.25) is 14.5 Å². The number of hydrogen-bond donors (Lipinski definition) is 1. The van der Waals surface area contributed by atoms with Crippen LogP contribution in [0.1, 0.15) is 68.8 Å². The van der Waals surface area contributed by atoms with Crippen LogP contribution in [0.15, 0.2) is 24.3 Å². The minimum atomic E-state index is -4.67. The Labute approximate surface area is 175 Å². The van der Waals surface area contributed by atoms with Crippen molar-refractivity contribution in [3.8, 4) is 0 Å². The molecule has 2 amide bonds. The average molecular weight is 426 g/mol. The molecule has 1 spiro atoms. The predicted molar refractivity (Wildman–Crippen MR) is 106 cm³/mol. The Morgan fingerprint density at radius 1 is 1.27 bits per heavy atom. The zero-order valence-electron chi connectivity index (χ0n) is 17.6. The third kappa shape index (κ3) is 4.33. The molecule has 1 saturated heterocycles. The van der Waals surface area contributed by atoms with Gasteiger partial charge >= 0.3 is 6.18 Å². The van der Waals surface area contributed by atoms with E-state index in [1.807, 2.05) is 13.8 Å². The number of nitrogens with zero attached hydrogens (tertiary/aromatic N) is 1. The average Bonchev–Trinajstić information content (AvgIpc) is 3.08. The molecule has 1 saturated carbocycles. The van der Waals surface area contributed by atoms with Crippen LogP contribution < -0.4 is 5.32 Å². The van der Waals surface area contributed by atoms with E-state index in [1.165, 1.54) is 23.1 Å². The molecule has 30 heavy (non-hydrogen) atoms. The molecule has 1 N–H and O–H groups in total. The second kappa shape index (κ2) is 8.57. The first-order chi connectivity index (χ1) is 14.1. The normalized spacial score (nSPS) is 27.9. The summed E-state index contributed by atoms with van der Waals surface area (Å²) in [6, 6.07) is 3.66. The molecule has 1 aromatic carbocycles. The number of alkyl halides is 3. The Kier molecular flexibility index (Phi) is 6.45. The highest BCUT2D eigenvalue weighted by molar-refractivity contribution is 5.99. The van der Waals surface area contributed by atoms with Gasteiger partial charge in [-0.2, -0.15) is 13.2 Å². The fourth-order valence-corrected chi connectivity index (χ4v) is 4.27. The second-order valence-corrected chi connectivity index (χ2v) is 8.49. The van der Waals surface area contributed by atoms with Gasteiger partial charge in [0, 0.05) is 6.04 Å². The molecule has 8 heteroatoms. The van der Waals surface area contributed by atoms with Crippen molar-refractivity contribution in [1.29, 1.82) is 0 Å². The van der Waals surface area contributed by atoms with E-state index >= 15 is 0 Å². The van der Waals surface area contributed by atoms with Gasteiger partial charge in [0.25, 0.3) is 5.91 Å². The number of nitrogens with one attached hydrogen (secondary N) is 1. The van der Waals surface area contributed by atoms with Crippen molar-refractivity contribution in [3.63, 3.8) is 0 Å². The molecule has 1 aromatic rings. The maximum atomic E-state index is 13.6. The maximum absolute atomic E-state index is 13.6. The lowest BCUT2D eigenvalue weighted by molar-refractivity contribution is -0.138. The smallest absolute Gasteiger partial charge is 0.353 e. The fraction of sp³-hybridized carbons (Fsp3) is 0.636. The van der Waals surface area contributed by atoms with E-state index in [1.54, 1.807) is 0 Å². The molecule has 5 nitrogen and oxygen atoms in total. The van der Waals surface area contributed by atoms with Crippen LogP contribution in [0.4, 0.5) is 13.2 Å². The summed E-state index contributed by atoms with van der Waals surface area (Å²) in [6.07, 6.45) is -1.40. The van der Waals surface area contributed by atoms with Gasteiger partial charge in [0.05, 0.1) is 17.7 Å². The summed E-state index contributed by atoms with van der Waals surface area (Å²) in [6.45, 7) is 5.84. The van der Waals surface area contributed by atoms with Crippen LogP contribution in [0.2, 0.25) is 0 Å². The van der Waals surface area contributed by atoms with E-state index in [0.717, 1.165) is 18.9 Å². The van der Waals surface area contributed by atoms with Gasteiger partial charge in [-0.25, -0.2) is 0 Å². The Morgan fingerprint density at radius 2 is 1.90 bits per heavy atom. The number of carbonyl (C=O) groups excluding carboxylic acids is 2. The number of hydrogen-bond acceptors (Lipinski definition) is 3. The lowest BCUT2D eigenvalue weighted by Gasteiger charge is -2.43. The first-order valence-corrected chi connectivity index (χ1v) is 10.5. The van der Waals surface area contributed by atoms with Crippen molar-refractivity contribution in [2.24, 2.45) is 5.92 Å². The number of rotatable bonds is 4. The molecule has 3 rings (SSSR count). The summed E-state index contributed by atoms with van der Waals surface area (Å²) in [5.41, 5.74) is -2.49. The fourth-order valence-electron chi connectivity index (χ4n) is 4.27. The Bertz CT molecular complexity index is 788. The molecule has 2 aliphatic rings. The summed E-state index contributed by atoms with van der Waals surface area (Å²) in [5.74, 6) is -0.761. The number of amides is 2. The largest absolute Gasteiger partial charge is 0.417 e. The predicted octanol–water partition coefficient (Wildman–Crippen LogP) is 4.37. The van der Waals surface area contributed by atoms with Crippen LogP contribution in [0.5, 0.6) is 0 Å². The van der Waals surface area contributed by atoms with Gasteiger partial charge in [-0.1, -0.05) is 26.0 Å². The maximum Gasteiger partial charge on any atom is 0.417 e. The second-order valence-electron chi connectivity index (χ2n) is 8.49. The molecule has 0 radical (unpaired) electrons. The van der Waals surface area contributed by atoms with E-state index < -0.39 is 40.9 Å². The van der Waals surface area contributed by atoms with Gasteiger partial charge < -0.3 is 10.1 Å². The summed E-state index contributed by atoms with van der Waals surface area (Å²) < 4.78 is 46.7. The molecule has 2 atom stereocenters. The van der Waals surface area contributed by atoms with Crippen LogP contribution in [0.3, 0.4) is 0 Å². The van der Waals surface area contributed by atoms with E-state index in [4.69, 9.17) is 4.74 Å². The van der Waals surface area contributed by atoms with E-state index in [0.29, 0.717) is 25.2 Å². The Hall–Kier alpha value is -2.09. The summed E-state index contributed by atoms with van der Waals surface area (Å²) in [5, 5.41) is 2.85. The lowest BCUT2D eigenvalue weighted by atomic mass is 9.83. The summed E-state index contributed by atoms with van der Waals surface area (Å²) >= 11 is 0. The lowest BCUT2D eigenvalue weighted by Crippen LogP contribution is -2.57. The quantitative estimate of drug-likeness (QED) is 0.778. The molecular formula is C22H29F3N2O3. The number of ether oxygens (including phenoxy) is 1. The SMILES string of the molecule is CC[C@H](C)NC(=O)[C@H]1COC2(CCC(C)CC2)N1C(=O)c1ccccc1C(F)(F)F. The van der Waals surface area contributed by atoms with Crippen molar-refractivity contribution >= 4 is 11.8 Å². The van der Waals surface area contributed by atoms with Crippen molar-refractivity contribution in [2.75, 3.05) is 6.61 Å². The van der Waals surface area contributed by atoms with Gasteiger partial charge in [-0.15, -0.1) is 0 Å². The number of carbonyl (C=O) groups is 2. The van der Waals surface area contributed by atoms with Crippen LogP contribution in [0, 0.1) is 5.92 Å². The first-order valence-electron chi connectivity index (χ1n) is 10.5. The number of halogens is 3. The van der Waals surface area contributed by atoms with E-state index in [-0.39, 0.29) is 12.6 Å². The Morgan fingerprint density at radius 3 is 2.50 bits per heavy atom. The van der Waals surface area contributed by atoms with Crippen molar-refractivity contribution < 1.29 is 27.5 Å². The molecule has 0 aromatic heterocycles. The third-order valence-corrected chi connectivity index (χ3v) is 6.30. The molecule has 0 unspecified atom stereocenters. The summed E-state index contributed by atoms with van der Waals surface area (Å²) in [4.78, 5) is 27.7. The zero-order valence-corrected chi connectivity index (χ0v) is 17.6. The van der Waals surface area contributed by atoms with E-state index in [9.17, 15) is 22.8 Å². The highest BCUT2D eigenvalue weighted by Gasteiger charge is 2.54. The molecule has 166 valence electrons. The van der Waals surface area contributed by atoms with E-state index in [2.05, 4.69) is 12.2 Å². The topological polar surface area (TPSA) is 58.6 Å². The molecule has 1 aliphatic carbocycles. The standard InChI is InChI=1S/C22H29F3N2O3/c1-4-15(3)26-19(28)18-13-30-21(11-9-14(2)10-12-21)27(18)20(29)16-7-5-6-8-17(16)22(23,24)25/h5-8,14-15,18H,4,9-13H2,1-3H3,(H,26,28)/t14?,15-,18+,21?/m0/s1. The van der Waals surface area contributed by atoms with Crippen LogP contribution >= 0.6 is 0 Å². The number of benzene rings is 1. The zero-order chi connectivity index (χ0) is 22.1. The van der Waals surface area contributed by atoms with Crippen molar-refractivity contribution in [1.82, 2.24) is 10.2 Å². The summed E-state index contributed by atoms with van der Waals surface area (Å²) in [7, 11) is 0. The molecule has 0 bridgehead atoms. The highest BCUT2D eigenvalue weighted by atomic mass is 19.4. The first kappa shape index (κ1) is 22.6. The van der Waals surface area contributed by atoms with Crippen LogP contribution in [0.25, 0.3) is 0 Å². The van der Waals surface area contributed by atoms with Gasteiger partial charge in [0.15, 0.2) is 0 Å². The van der Waals surface area contributed by atoms with Gasteiger partial charge in [0.2, 0.25) is 5.91 Å². The molecule has 2 fully saturated rings. The van der Waals surface area contributed by atoms with Crippen LogP contribution in [-0.2, 0) is 15.7 Å². The minimum absolute atomic E-state index is 0.0173. The Balaban J connectivity index is 2.01. The third-order valence-electron chi connectivity index (χ3n) is 6.30. The van der Waals surface area contributed by atoms with Gasteiger partial charge in [-0.05, 0) is 57.1 Å². The van der Waals surface area contributed by atoms with Gasteiger partial charge in [0.1, 0.15) is 11.8 Å². The monoisotopic (exact) mass is 426 g/mol. The van der Waals surface area contributed by atoms with Crippen LogP contribution in [-0.4, -0.2) is 41.1 Å². The molecule has 1 aliphatic heterocycles. The van der Waals surface area contributed by atoms with Crippen molar-refractivity contribution in [2.45, 2.75) is 76.9 Å². The highest BCUT2D eigenvalue weighted by Crippen LogP contribution is 2.44. The van der Waals surface area contributed by atoms with Crippen molar-refractivity contribution in [3.05, 3.63) is 35.4 Å². The minimum Gasteiger partial charge on any atom is -0.353 e. The molecule has 1 heterocycles.